The Labute approximate surface area is 112 Å². The Hall–Kier alpha value is -2.13. The summed E-state index contributed by atoms with van der Waals surface area (Å²) in [5.74, 6) is 0.777. The van der Waals surface area contributed by atoms with Gasteiger partial charge in [0.25, 0.3) is 0 Å². The van der Waals surface area contributed by atoms with Crippen LogP contribution in [-0.4, -0.2) is 19.5 Å². The number of Topliss-reactive ketones (excluding diaryl/α,β-unsaturated/α-hetero) is 1. The van der Waals surface area contributed by atoms with Crippen molar-refractivity contribution >= 4 is 5.78 Å². The minimum Gasteiger partial charge on any atom is -0.497 e. The molecule has 98 valence electrons. The highest BCUT2D eigenvalue weighted by Gasteiger charge is 2.05. The molecule has 2 aromatic rings. The molecule has 2 aromatic carbocycles. The van der Waals surface area contributed by atoms with Gasteiger partial charge in [-0.15, -0.1) is 0 Å². The summed E-state index contributed by atoms with van der Waals surface area (Å²) in [7, 11) is 1.62. The minimum atomic E-state index is -0.0107. The molecular formula is C16H16O3. The molecule has 0 fully saturated rings. The third-order valence-corrected chi connectivity index (χ3v) is 2.73. The molecule has 3 nitrogen and oxygen atoms in total. The van der Waals surface area contributed by atoms with E-state index in [1.54, 1.807) is 19.2 Å². The maximum Gasteiger partial charge on any atom is 0.188 e. The van der Waals surface area contributed by atoms with E-state index in [1.165, 1.54) is 0 Å². The first-order chi connectivity index (χ1) is 9.29. The van der Waals surface area contributed by atoms with Gasteiger partial charge in [0, 0.05) is 5.56 Å². The first-order valence-electron chi connectivity index (χ1n) is 6.08. The van der Waals surface area contributed by atoms with E-state index in [2.05, 4.69) is 0 Å². The lowest BCUT2D eigenvalue weighted by Crippen LogP contribution is -2.08. The largest absolute Gasteiger partial charge is 0.497 e. The predicted molar refractivity (Wildman–Crippen MR) is 73.4 cm³/mol. The highest BCUT2D eigenvalue weighted by molar-refractivity contribution is 5.96. The molecule has 0 aliphatic rings. The molecule has 0 atom stereocenters. The van der Waals surface area contributed by atoms with Crippen LogP contribution < -0.4 is 4.74 Å². The summed E-state index contributed by atoms with van der Waals surface area (Å²) in [6, 6.07) is 16.8. The van der Waals surface area contributed by atoms with Gasteiger partial charge < -0.3 is 9.47 Å². The second kappa shape index (κ2) is 6.71. The fourth-order valence-corrected chi connectivity index (χ4v) is 1.73. The summed E-state index contributed by atoms with van der Waals surface area (Å²) < 4.78 is 10.6. The quantitative estimate of drug-likeness (QED) is 0.745. The number of benzene rings is 2. The number of hydrogen-bond donors (Lipinski definition) is 0. The highest BCUT2D eigenvalue weighted by Crippen LogP contribution is 2.13. The molecule has 0 spiro atoms. The third kappa shape index (κ3) is 3.93. The Morgan fingerprint density at radius 3 is 2.58 bits per heavy atom. The summed E-state index contributed by atoms with van der Waals surface area (Å²) in [6.45, 7) is 0.483. The van der Waals surface area contributed by atoms with Crippen LogP contribution in [0.3, 0.4) is 0 Å². The van der Waals surface area contributed by atoms with Crippen molar-refractivity contribution in [1.29, 1.82) is 0 Å². The van der Waals surface area contributed by atoms with E-state index in [0.29, 0.717) is 12.2 Å². The van der Waals surface area contributed by atoms with E-state index in [9.17, 15) is 4.79 Å². The summed E-state index contributed by atoms with van der Waals surface area (Å²) in [5.41, 5.74) is 1.66. The van der Waals surface area contributed by atoms with Crippen LogP contribution in [0.2, 0.25) is 0 Å². The van der Waals surface area contributed by atoms with Crippen LogP contribution in [0.1, 0.15) is 15.9 Å². The van der Waals surface area contributed by atoms with E-state index < -0.39 is 0 Å². The van der Waals surface area contributed by atoms with Gasteiger partial charge in [-0.05, 0) is 17.7 Å². The third-order valence-electron chi connectivity index (χ3n) is 2.73. The van der Waals surface area contributed by atoms with E-state index >= 15 is 0 Å². The molecule has 0 heterocycles. The van der Waals surface area contributed by atoms with Crippen LogP contribution in [0, 0.1) is 0 Å². The molecule has 0 radical (unpaired) electrons. The van der Waals surface area contributed by atoms with E-state index in [-0.39, 0.29) is 12.4 Å². The minimum absolute atomic E-state index is 0.0107. The van der Waals surface area contributed by atoms with Gasteiger partial charge in [-0.2, -0.15) is 0 Å². The molecule has 0 saturated carbocycles. The molecule has 0 aliphatic carbocycles. The molecule has 0 amide bonds. The molecule has 0 saturated heterocycles. The van der Waals surface area contributed by atoms with Gasteiger partial charge in [0.15, 0.2) is 5.78 Å². The number of carbonyl (C=O) groups excluding carboxylic acids is 1. The van der Waals surface area contributed by atoms with E-state index in [1.807, 2.05) is 42.5 Å². The second-order valence-electron chi connectivity index (χ2n) is 4.13. The molecule has 19 heavy (non-hydrogen) atoms. The van der Waals surface area contributed by atoms with Crippen molar-refractivity contribution in [3.63, 3.8) is 0 Å². The molecule has 3 heteroatoms. The number of ether oxygens (including phenoxy) is 2. The van der Waals surface area contributed by atoms with Crippen LogP contribution in [0.15, 0.2) is 54.6 Å². The van der Waals surface area contributed by atoms with Crippen LogP contribution in [0.5, 0.6) is 5.75 Å². The number of hydrogen-bond acceptors (Lipinski definition) is 3. The van der Waals surface area contributed by atoms with Crippen LogP contribution in [0.25, 0.3) is 0 Å². The average molecular weight is 256 g/mol. The summed E-state index contributed by atoms with van der Waals surface area (Å²) in [5, 5.41) is 0. The SMILES string of the molecule is COc1cccc(COCC(=O)c2ccccc2)c1. The monoisotopic (exact) mass is 256 g/mol. The second-order valence-corrected chi connectivity index (χ2v) is 4.13. The highest BCUT2D eigenvalue weighted by atomic mass is 16.5. The Balaban J connectivity index is 1.85. The molecule has 0 aromatic heterocycles. The summed E-state index contributed by atoms with van der Waals surface area (Å²) in [4.78, 5) is 11.8. The van der Waals surface area contributed by atoms with Crippen molar-refractivity contribution in [1.82, 2.24) is 0 Å². The molecule has 0 N–H and O–H groups in total. The molecular weight excluding hydrogens is 240 g/mol. The van der Waals surface area contributed by atoms with E-state index in [4.69, 9.17) is 9.47 Å². The zero-order valence-corrected chi connectivity index (χ0v) is 10.8. The van der Waals surface area contributed by atoms with Gasteiger partial charge in [-0.1, -0.05) is 42.5 Å². The maximum absolute atomic E-state index is 11.8. The van der Waals surface area contributed by atoms with Crippen LogP contribution >= 0.6 is 0 Å². The zero-order valence-electron chi connectivity index (χ0n) is 10.8. The standard InChI is InChI=1S/C16H16O3/c1-18-15-9-5-6-13(10-15)11-19-12-16(17)14-7-3-2-4-8-14/h2-10H,11-12H2,1H3. The summed E-state index contributed by atoms with van der Waals surface area (Å²) in [6.07, 6.45) is 0. The van der Waals surface area contributed by atoms with Crippen molar-refractivity contribution in [3.8, 4) is 5.75 Å². The molecule has 0 unspecified atom stereocenters. The van der Waals surface area contributed by atoms with Crippen LogP contribution in [-0.2, 0) is 11.3 Å². The van der Waals surface area contributed by atoms with Gasteiger partial charge in [-0.3, -0.25) is 4.79 Å². The fourth-order valence-electron chi connectivity index (χ4n) is 1.73. The normalized spacial score (nSPS) is 10.2. The van der Waals surface area contributed by atoms with Crippen molar-refractivity contribution in [3.05, 3.63) is 65.7 Å². The fraction of sp³-hybridized carbons (Fsp3) is 0.188. The first-order valence-corrected chi connectivity index (χ1v) is 6.08. The Kier molecular flexibility index (Phi) is 4.70. The predicted octanol–water partition coefficient (Wildman–Crippen LogP) is 3.09. The number of methoxy groups -OCH3 is 1. The lowest BCUT2D eigenvalue weighted by molar-refractivity contribution is 0.0726. The van der Waals surface area contributed by atoms with Gasteiger partial charge in [0.05, 0.1) is 13.7 Å². The first kappa shape index (κ1) is 13.3. The number of rotatable bonds is 6. The number of ketones is 1. The zero-order chi connectivity index (χ0) is 13.5. The smallest absolute Gasteiger partial charge is 0.188 e. The van der Waals surface area contributed by atoms with Crippen molar-refractivity contribution in [2.24, 2.45) is 0 Å². The topological polar surface area (TPSA) is 35.5 Å². The average Bonchev–Trinajstić information content (AvgIpc) is 2.48. The van der Waals surface area contributed by atoms with E-state index in [0.717, 1.165) is 11.3 Å². The lowest BCUT2D eigenvalue weighted by Gasteiger charge is -2.06. The maximum atomic E-state index is 11.8. The Morgan fingerprint density at radius 2 is 1.84 bits per heavy atom. The van der Waals surface area contributed by atoms with Gasteiger partial charge in [0.2, 0.25) is 0 Å². The van der Waals surface area contributed by atoms with Gasteiger partial charge in [0.1, 0.15) is 12.4 Å². The number of carbonyl (C=O) groups is 1. The van der Waals surface area contributed by atoms with Crippen molar-refractivity contribution < 1.29 is 14.3 Å². The van der Waals surface area contributed by atoms with Gasteiger partial charge in [-0.25, -0.2) is 0 Å². The Morgan fingerprint density at radius 1 is 1.05 bits per heavy atom. The molecule has 2 rings (SSSR count). The lowest BCUT2D eigenvalue weighted by atomic mass is 10.1. The molecule has 0 aliphatic heterocycles. The van der Waals surface area contributed by atoms with Crippen LogP contribution in [0.4, 0.5) is 0 Å². The van der Waals surface area contributed by atoms with Crippen molar-refractivity contribution in [2.45, 2.75) is 6.61 Å². The Bertz CT molecular complexity index is 535. The summed E-state index contributed by atoms with van der Waals surface area (Å²) >= 11 is 0. The molecule has 0 bridgehead atoms. The van der Waals surface area contributed by atoms with Gasteiger partial charge >= 0.3 is 0 Å². The van der Waals surface area contributed by atoms with Crippen molar-refractivity contribution in [2.75, 3.05) is 13.7 Å².